The summed E-state index contributed by atoms with van der Waals surface area (Å²) in [6.07, 6.45) is -1.99. The van der Waals surface area contributed by atoms with E-state index in [4.69, 9.17) is 4.74 Å². The van der Waals surface area contributed by atoms with E-state index in [2.05, 4.69) is 9.72 Å². The molecule has 0 radical (unpaired) electrons. The van der Waals surface area contributed by atoms with Gasteiger partial charge < -0.3 is 9.47 Å². The molecule has 1 aromatic heterocycles. The fraction of sp³-hybridized carbons (Fsp3) is 0.545. The van der Waals surface area contributed by atoms with Gasteiger partial charge in [0.05, 0.1) is 6.20 Å². The fourth-order valence-electron chi connectivity index (χ4n) is 1.38. The molecule has 0 unspecified atom stereocenters. The summed E-state index contributed by atoms with van der Waals surface area (Å²) in [6.45, 7) is 5.20. The van der Waals surface area contributed by atoms with Crippen molar-refractivity contribution in [3.8, 4) is 11.5 Å². The van der Waals surface area contributed by atoms with Crippen molar-refractivity contribution in [1.82, 2.24) is 4.98 Å². The van der Waals surface area contributed by atoms with Crippen LogP contribution in [0.1, 0.15) is 26.5 Å². The lowest BCUT2D eigenvalue weighted by Crippen LogP contribution is -2.36. The average Bonchev–Trinajstić information content (AvgIpc) is 2.14. The Balaban J connectivity index is 2.36. The number of rotatable bonds is 0. The molecule has 0 aliphatic carbocycles. The van der Waals surface area contributed by atoms with E-state index in [0.29, 0.717) is 5.75 Å². The lowest BCUT2D eigenvalue weighted by atomic mass is 9.91. The molecular weight excluding hydrogens is 216 g/mol. The number of ether oxygens (including phenoxy) is 2. The van der Waals surface area contributed by atoms with Gasteiger partial charge in [0.15, 0.2) is 18.1 Å². The molecule has 0 saturated heterocycles. The molecule has 1 aliphatic heterocycles. The third-order valence-electron chi connectivity index (χ3n) is 2.25. The van der Waals surface area contributed by atoms with Gasteiger partial charge in [0.2, 0.25) is 0 Å². The highest BCUT2D eigenvalue weighted by atomic mass is 19.3. The van der Waals surface area contributed by atoms with Gasteiger partial charge in [-0.2, -0.15) is 8.78 Å². The zero-order valence-electron chi connectivity index (χ0n) is 9.38. The van der Waals surface area contributed by atoms with E-state index >= 15 is 0 Å². The molecule has 1 aromatic rings. The molecule has 3 nitrogen and oxygen atoms in total. The number of hydrogen-bond acceptors (Lipinski definition) is 3. The van der Waals surface area contributed by atoms with Crippen LogP contribution in [0.25, 0.3) is 0 Å². The van der Waals surface area contributed by atoms with E-state index < -0.39 is 12.7 Å². The fourth-order valence-corrected chi connectivity index (χ4v) is 1.38. The van der Waals surface area contributed by atoms with Crippen molar-refractivity contribution < 1.29 is 18.3 Å². The van der Waals surface area contributed by atoms with Gasteiger partial charge in [-0.1, -0.05) is 20.8 Å². The van der Waals surface area contributed by atoms with Crippen LogP contribution in [0.5, 0.6) is 11.5 Å². The first kappa shape index (κ1) is 11.1. The first-order valence-corrected chi connectivity index (χ1v) is 4.98. The number of halogens is 2. The minimum absolute atomic E-state index is 0.00995. The topological polar surface area (TPSA) is 31.4 Å². The highest BCUT2D eigenvalue weighted by Gasteiger charge is 2.38. The van der Waals surface area contributed by atoms with Crippen LogP contribution in [0.2, 0.25) is 0 Å². The number of nitrogens with zero attached hydrogens (tertiary/aromatic N) is 1. The van der Waals surface area contributed by atoms with Crippen LogP contribution in [0.3, 0.4) is 0 Å². The van der Waals surface area contributed by atoms with Gasteiger partial charge in [-0.25, -0.2) is 0 Å². The maximum atomic E-state index is 12.8. The molecule has 0 aromatic carbocycles. The van der Waals surface area contributed by atoms with E-state index in [0.717, 1.165) is 5.69 Å². The van der Waals surface area contributed by atoms with Crippen LogP contribution in [0.4, 0.5) is 8.78 Å². The number of alkyl halides is 2. The first-order valence-electron chi connectivity index (χ1n) is 4.98. The highest BCUT2D eigenvalue weighted by Crippen LogP contribution is 2.38. The van der Waals surface area contributed by atoms with Crippen molar-refractivity contribution in [2.24, 2.45) is 0 Å². The Hall–Kier alpha value is -1.39. The second-order valence-corrected chi connectivity index (χ2v) is 4.79. The Bertz CT molecular complexity index is 413. The smallest absolute Gasteiger partial charge is 0.433 e. The van der Waals surface area contributed by atoms with Gasteiger partial charge in [-0.05, 0) is 0 Å². The Labute approximate surface area is 92.4 Å². The largest absolute Gasteiger partial charge is 0.479 e. The van der Waals surface area contributed by atoms with Crippen LogP contribution >= 0.6 is 0 Å². The molecule has 0 spiro atoms. The molecule has 88 valence electrons. The Morgan fingerprint density at radius 3 is 2.62 bits per heavy atom. The van der Waals surface area contributed by atoms with Gasteiger partial charge in [0.25, 0.3) is 0 Å². The van der Waals surface area contributed by atoms with E-state index in [-0.39, 0.29) is 11.2 Å². The molecule has 2 rings (SSSR count). The van der Waals surface area contributed by atoms with E-state index in [1.54, 1.807) is 6.07 Å². The summed E-state index contributed by atoms with van der Waals surface area (Å²) in [5, 5.41) is 0. The van der Waals surface area contributed by atoms with E-state index in [1.165, 1.54) is 6.20 Å². The third-order valence-corrected chi connectivity index (χ3v) is 2.25. The molecule has 5 heteroatoms. The molecule has 0 N–H and O–H groups in total. The third kappa shape index (κ3) is 2.08. The Morgan fingerprint density at radius 2 is 2.00 bits per heavy atom. The van der Waals surface area contributed by atoms with Crippen LogP contribution < -0.4 is 9.47 Å². The predicted molar refractivity (Wildman–Crippen MR) is 54.0 cm³/mol. The zero-order valence-corrected chi connectivity index (χ0v) is 9.38. The molecular formula is C11H13F2NO2. The Morgan fingerprint density at radius 1 is 1.31 bits per heavy atom. The second kappa shape index (κ2) is 3.30. The number of hydrogen-bond donors (Lipinski definition) is 0. The SMILES string of the molecule is CC(C)(C)c1cc2c(cn1)OC(F)(F)CO2. The summed E-state index contributed by atoms with van der Waals surface area (Å²) in [5.74, 6) is 0.315. The monoisotopic (exact) mass is 229 g/mol. The number of aromatic nitrogens is 1. The average molecular weight is 229 g/mol. The molecule has 16 heavy (non-hydrogen) atoms. The summed E-state index contributed by atoms with van der Waals surface area (Å²) in [7, 11) is 0. The first-order chi connectivity index (χ1) is 7.28. The molecule has 0 atom stereocenters. The molecule has 0 amide bonds. The minimum Gasteiger partial charge on any atom is -0.479 e. The summed E-state index contributed by atoms with van der Waals surface area (Å²) in [6, 6.07) is 1.64. The predicted octanol–water partition coefficient (Wildman–Crippen LogP) is 2.74. The Kier molecular flexibility index (Phi) is 2.29. The van der Waals surface area contributed by atoms with Gasteiger partial charge >= 0.3 is 6.11 Å². The van der Waals surface area contributed by atoms with Gasteiger partial charge in [0.1, 0.15) is 0 Å². The summed E-state index contributed by atoms with van der Waals surface area (Å²) < 4.78 is 35.1. The molecule has 0 bridgehead atoms. The van der Waals surface area contributed by atoms with Crippen molar-refractivity contribution in [2.45, 2.75) is 32.3 Å². The van der Waals surface area contributed by atoms with Crippen molar-refractivity contribution >= 4 is 0 Å². The van der Waals surface area contributed by atoms with Crippen molar-refractivity contribution in [3.05, 3.63) is 18.0 Å². The number of pyridine rings is 1. The molecule has 0 saturated carbocycles. The van der Waals surface area contributed by atoms with Gasteiger partial charge in [0, 0.05) is 17.2 Å². The van der Waals surface area contributed by atoms with Crippen LogP contribution in [-0.2, 0) is 5.41 Å². The lowest BCUT2D eigenvalue weighted by molar-refractivity contribution is -0.209. The van der Waals surface area contributed by atoms with Crippen molar-refractivity contribution in [3.63, 3.8) is 0 Å². The summed E-state index contributed by atoms with van der Waals surface area (Å²) >= 11 is 0. The van der Waals surface area contributed by atoms with Crippen molar-refractivity contribution in [2.75, 3.05) is 6.61 Å². The van der Waals surface area contributed by atoms with Crippen LogP contribution in [-0.4, -0.2) is 17.7 Å². The normalized spacial score (nSPS) is 18.3. The maximum absolute atomic E-state index is 12.8. The molecule has 1 aliphatic rings. The number of fused-ring (bicyclic) bond motifs is 1. The highest BCUT2D eigenvalue weighted by molar-refractivity contribution is 5.41. The van der Waals surface area contributed by atoms with Crippen molar-refractivity contribution in [1.29, 1.82) is 0 Å². The zero-order chi connectivity index (χ0) is 12.0. The van der Waals surface area contributed by atoms with Crippen LogP contribution in [0.15, 0.2) is 12.3 Å². The van der Waals surface area contributed by atoms with Gasteiger partial charge in [-0.3, -0.25) is 4.98 Å². The summed E-state index contributed by atoms with van der Waals surface area (Å²) in [5.41, 5.74) is 0.623. The molecule has 2 heterocycles. The van der Waals surface area contributed by atoms with Crippen LogP contribution in [0, 0.1) is 0 Å². The van der Waals surface area contributed by atoms with Gasteiger partial charge in [-0.15, -0.1) is 0 Å². The van der Waals surface area contributed by atoms with E-state index in [1.807, 2.05) is 20.8 Å². The standard InChI is InChI=1S/C11H13F2NO2/c1-10(2,3)9-4-7-8(5-14-9)16-11(12,13)6-15-7/h4-5H,6H2,1-3H3. The summed E-state index contributed by atoms with van der Waals surface area (Å²) in [4.78, 5) is 4.09. The quantitative estimate of drug-likeness (QED) is 0.685. The second-order valence-electron chi connectivity index (χ2n) is 4.79. The lowest BCUT2D eigenvalue weighted by Gasteiger charge is -2.27. The molecule has 0 fully saturated rings. The maximum Gasteiger partial charge on any atom is 0.433 e. The minimum atomic E-state index is -3.27. The van der Waals surface area contributed by atoms with E-state index in [9.17, 15) is 8.78 Å².